The molecule has 1 aliphatic heterocycles. The van der Waals surface area contributed by atoms with E-state index in [4.69, 9.17) is 9.05 Å². The molecule has 144 valence electrons. The molecule has 1 unspecified atom stereocenters. The average Bonchev–Trinajstić information content (AvgIpc) is 3.15. The number of rotatable bonds is 7. The van der Waals surface area contributed by atoms with Crippen molar-refractivity contribution in [1.82, 2.24) is 4.31 Å². The summed E-state index contributed by atoms with van der Waals surface area (Å²) in [6.45, 7) is 10.0. The predicted molar refractivity (Wildman–Crippen MR) is 98.1 cm³/mol. The standard InChI is InChI=1S/C17H25N2O5PS/c1-12(2)23-25(20,24-13(3)4)16-17(6,11-18)19(16)26(21,22)15-9-7-14(5)8-10-15/h7-10,12-13,16H,1-6H3/t16-,17-,19?/m0/s1. The summed E-state index contributed by atoms with van der Waals surface area (Å²) in [6.07, 6.45) is -0.904. The minimum absolute atomic E-state index is 0.0349. The highest BCUT2D eigenvalue weighted by atomic mass is 32.2. The van der Waals surface area contributed by atoms with Crippen molar-refractivity contribution in [2.24, 2.45) is 0 Å². The van der Waals surface area contributed by atoms with Gasteiger partial charge in [-0.2, -0.15) is 9.57 Å². The van der Waals surface area contributed by atoms with Crippen molar-refractivity contribution in [2.75, 3.05) is 0 Å². The van der Waals surface area contributed by atoms with Gasteiger partial charge in [0.1, 0.15) is 5.54 Å². The summed E-state index contributed by atoms with van der Waals surface area (Å²) >= 11 is 0. The molecule has 1 aliphatic rings. The zero-order valence-corrected chi connectivity index (χ0v) is 17.5. The van der Waals surface area contributed by atoms with Gasteiger partial charge in [-0.1, -0.05) is 17.7 Å². The minimum atomic E-state index is -4.03. The summed E-state index contributed by atoms with van der Waals surface area (Å²) in [6, 6.07) is 8.25. The van der Waals surface area contributed by atoms with Gasteiger partial charge >= 0.3 is 7.60 Å². The van der Waals surface area contributed by atoms with Gasteiger partial charge in [0, 0.05) is 0 Å². The third-order valence-corrected chi connectivity index (χ3v) is 8.83. The lowest BCUT2D eigenvalue weighted by atomic mass is 10.2. The molecule has 1 aromatic rings. The lowest BCUT2D eigenvalue weighted by molar-refractivity contribution is 0.139. The van der Waals surface area contributed by atoms with E-state index < -0.39 is 41.1 Å². The van der Waals surface area contributed by atoms with Gasteiger partial charge in [-0.05, 0) is 53.7 Å². The van der Waals surface area contributed by atoms with E-state index in [-0.39, 0.29) is 4.90 Å². The topological polar surface area (TPSA) is 96.5 Å². The van der Waals surface area contributed by atoms with Crippen LogP contribution in [0.4, 0.5) is 0 Å². The van der Waals surface area contributed by atoms with Gasteiger partial charge < -0.3 is 9.05 Å². The molecule has 0 amide bonds. The highest BCUT2D eigenvalue weighted by Crippen LogP contribution is 2.69. The van der Waals surface area contributed by atoms with Gasteiger partial charge in [0.15, 0.2) is 5.78 Å². The number of nitrogens with zero attached hydrogens (tertiary/aromatic N) is 2. The SMILES string of the molecule is Cc1ccc(S(=O)(=O)N2[C@@H](P(=O)(OC(C)C)OC(C)C)[C@]2(C)C#N)cc1. The molecule has 1 saturated heterocycles. The van der Waals surface area contributed by atoms with Crippen molar-refractivity contribution in [3.8, 4) is 6.07 Å². The molecule has 0 aromatic heterocycles. The maximum Gasteiger partial charge on any atom is 0.352 e. The monoisotopic (exact) mass is 400 g/mol. The van der Waals surface area contributed by atoms with E-state index >= 15 is 0 Å². The Bertz CT molecular complexity index is 846. The van der Waals surface area contributed by atoms with E-state index in [0.717, 1.165) is 9.87 Å². The van der Waals surface area contributed by atoms with Crippen molar-refractivity contribution in [1.29, 1.82) is 5.26 Å². The first-order valence-electron chi connectivity index (χ1n) is 8.37. The zero-order chi connectivity index (χ0) is 19.9. The Morgan fingerprint density at radius 1 is 1.15 bits per heavy atom. The lowest BCUT2D eigenvalue weighted by Gasteiger charge is -2.22. The molecule has 3 atom stereocenters. The second-order valence-electron chi connectivity index (χ2n) is 7.10. The maximum absolute atomic E-state index is 13.4. The molecule has 1 heterocycles. The van der Waals surface area contributed by atoms with Crippen LogP contribution in [0.25, 0.3) is 0 Å². The Hall–Kier alpha value is -1.23. The van der Waals surface area contributed by atoms with E-state index in [2.05, 4.69) is 0 Å². The highest BCUT2D eigenvalue weighted by molar-refractivity contribution is 7.90. The number of benzene rings is 1. The van der Waals surface area contributed by atoms with E-state index in [0.29, 0.717) is 0 Å². The zero-order valence-electron chi connectivity index (χ0n) is 15.8. The third-order valence-electron chi connectivity index (χ3n) is 3.93. The van der Waals surface area contributed by atoms with Crippen LogP contribution in [0, 0.1) is 18.3 Å². The van der Waals surface area contributed by atoms with Crippen molar-refractivity contribution in [3.05, 3.63) is 29.8 Å². The minimum Gasteiger partial charge on any atom is -0.305 e. The van der Waals surface area contributed by atoms with Crippen LogP contribution in [-0.2, 0) is 23.6 Å². The Morgan fingerprint density at radius 3 is 2.00 bits per heavy atom. The molecule has 1 fully saturated rings. The van der Waals surface area contributed by atoms with Gasteiger partial charge in [-0.3, -0.25) is 4.57 Å². The predicted octanol–water partition coefficient (Wildman–Crippen LogP) is 3.65. The third kappa shape index (κ3) is 3.73. The first-order chi connectivity index (χ1) is 11.9. The van der Waals surface area contributed by atoms with Crippen LogP contribution in [0.1, 0.15) is 40.2 Å². The normalized spacial score (nSPS) is 26.1. The number of hydrogen-bond donors (Lipinski definition) is 0. The fourth-order valence-electron chi connectivity index (χ4n) is 2.82. The molecule has 26 heavy (non-hydrogen) atoms. The molecule has 0 bridgehead atoms. The number of hydrogen-bond acceptors (Lipinski definition) is 6. The summed E-state index contributed by atoms with van der Waals surface area (Å²) in [7, 11) is -7.92. The van der Waals surface area contributed by atoms with Crippen molar-refractivity contribution < 1.29 is 22.0 Å². The Balaban J connectivity index is 2.50. The van der Waals surface area contributed by atoms with Gasteiger partial charge in [-0.15, -0.1) is 0 Å². The van der Waals surface area contributed by atoms with Crippen molar-refractivity contribution >= 4 is 17.6 Å². The largest absolute Gasteiger partial charge is 0.352 e. The molecule has 7 nitrogen and oxygen atoms in total. The molecular weight excluding hydrogens is 375 g/mol. The molecular formula is C17H25N2O5PS. The van der Waals surface area contributed by atoms with E-state index in [1.807, 2.05) is 13.0 Å². The fraction of sp³-hybridized carbons (Fsp3) is 0.588. The second-order valence-corrected chi connectivity index (χ2v) is 10.9. The van der Waals surface area contributed by atoms with Gasteiger partial charge in [-0.25, -0.2) is 8.42 Å². The molecule has 0 spiro atoms. The fourth-order valence-corrected chi connectivity index (χ4v) is 8.07. The molecule has 0 saturated carbocycles. The second kappa shape index (κ2) is 7.06. The van der Waals surface area contributed by atoms with Crippen LogP contribution in [-0.4, -0.2) is 36.3 Å². The summed E-state index contributed by atoms with van der Waals surface area (Å²) in [5, 5.41) is 9.60. The molecule has 2 rings (SSSR count). The number of aryl methyl sites for hydroxylation is 1. The molecule has 0 aliphatic carbocycles. The van der Waals surface area contributed by atoms with E-state index in [9.17, 15) is 18.2 Å². The number of nitriles is 1. The van der Waals surface area contributed by atoms with Gasteiger partial charge in [0.2, 0.25) is 10.0 Å². The molecule has 1 aromatic carbocycles. The van der Waals surface area contributed by atoms with Crippen LogP contribution in [0.15, 0.2) is 29.2 Å². The molecule has 9 heteroatoms. The lowest BCUT2D eigenvalue weighted by Crippen LogP contribution is -2.20. The van der Waals surface area contributed by atoms with Crippen LogP contribution < -0.4 is 0 Å². The Labute approximate surface area is 155 Å². The van der Waals surface area contributed by atoms with Crippen LogP contribution in [0.2, 0.25) is 0 Å². The Kier molecular flexibility index (Phi) is 5.73. The molecule has 0 radical (unpaired) electrons. The van der Waals surface area contributed by atoms with Gasteiger partial charge in [0.25, 0.3) is 0 Å². The maximum atomic E-state index is 13.4. The highest BCUT2D eigenvalue weighted by Gasteiger charge is 2.75. The van der Waals surface area contributed by atoms with Crippen molar-refractivity contribution in [3.63, 3.8) is 0 Å². The summed E-state index contributed by atoms with van der Waals surface area (Å²) in [4.78, 5) is 0.0349. The Morgan fingerprint density at radius 2 is 1.62 bits per heavy atom. The summed E-state index contributed by atoms with van der Waals surface area (Å²) in [5.74, 6) is -1.18. The van der Waals surface area contributed by atoms with E-state index in [1.54, 1.807) is 39.8 Å². The first kappa shape index (κ1) is 21.1. The first-order valence-corrected chi connectivity index (χ1v) is 11.4. The van der Waals surface area contributed by atoms with Crippen molar-refractivity contribution in [2.45, 2.75) is 70.0 Å². The van der Waals surface area contributed by atoms with Crippen LogP contribution in [0.3, 0.4) is 0 Å². The van der Waals surface area contributed by atoms with E-state index in [1.165, 1.54) is 19.1 Å². The smallest absolute Gasteiger partial charge is 0.305 e. The van der Waals surface area contributed by atoms with Crippen LogP contribution in [0.5, 0.6) is 0 Å². The number of sulfonamides is 1. The molecule has 0 N–H and O–H groups in total. The summed E-state index contributed by atoms with van der Waals surface area (Å²) < 4.78 is 51.5. The van der Waals surface area contributed by atoms with Crippen LogP contribution >= 0.6 is 7.60 Å². The average molecular weight is 400 g/mol. The quantitative estimate of drug-likeness (QED) is 0.512. The summed E-state index contributed by atoms with van der Waals surface area (Å²) in [5.41, 5.74) is -0.588. The van der Waals surface area contributed by atoms with Gasteiger partial charge in [0.05, 0.1) is 23.2 Å².